The Kier molecular flexibility index (Phi) is 5.26. The minimum atomic E-state index is -0.441. The molecule has 0 aliphatic heterocycles. The Balaban J connectivity index is 1.45. The van der Waals surface area contributed by atoms with E-state index in [9.17, 15) is 13.6 Å². The Morgan fingerprint density at radius 2 is 1.93 bits per heavy atom. The first-order valence-corrected chi connectivity index (χ1v) is 9.75. The lowest BCUT2D eigenvalue weighted by molar-refractivity contribution is 0.0951. The van der Waals surface area contributed by atoms with Crippen molar-refractivity contribution in [1.82, 2.24) is 15.1 Å². The zero-order valence-corrected chi connectivity index (χ0v) is 16.3. The van der Waals surface area contributed by atoms with E-state index in [2.05, 4.69) is 10.4 Å². The zero-order chi connectivity index (χ0) is 20.4. The highest BCUT2D eigenvalue weighted by atomic mass is 32.1. The van der Waals surface area contributed by atoms with Gasteiger partial charge in [-0.05, 0) is 49.4 Å². The van der Waals surface area contributed by atoms with Crippen LogP contribution in [0.3, 0.4) is 0 Å². The summed E-state index contributed by atoms with van der Waals surface area (Å²) >= 11 is 1.30. The number of aromatic nitrogens is 2. The Bertz CT molecular complexity index is 1170. The van der Waals surface area contributed by atoms with Crippen molar-refractivity contribution in [3.05, 3.63) is 76.8 Å². The quantitative estimate of drug-likeness (QED) is 0.474. The van der Waals surface area contributed by atoms with Gasteiger partial charge in [0, 0.05) is 5.39 Å². The monoisotopic (exact) mass is 413 g/mol. The van der Waals surface area contributed by atoms with Gasteiger partial charge in [-0.25, -0.2) is 13.5 Å². The summed E-state index contributed by atoms with van der Waals surface area (Å²) in [6.45, 7) is 2.25. The molecule has 0 saturated carbocycles. The van der Waals surface area contributed by atoms with E-state index in [4.69, 9.17) is 4.74 Å². The third kappa shape index (κ3) is 3.97. The maximum absolute atomic E-state index is 13.5. The van der Waals surface area contributed by atoms with Gasteiger partial charge in [-0.15, -0.1) is 11.3 Å². The van der Waals surface area contributed by atoms with Crippen LogP contribution in [-0.2, 0) is 0 Å². The molecule has 0 spiro atoms. The maximum atomic E-state index is 13.5. The van der Waals surface area contributed by atoms with Gasteiger partial charge in [-0.1, -0.05) is 12.1 Å². The normalized spacial score (nSPS) is 11.0. The molecule has 8 heteroatoms. The van der Waals surface area contributed by atoms with Crippen molar-refractivity contribution in [2.45, 2.75) is 6.92 Å². The number of carbonyl (C=O) groups excluding carboxylic acids is 1. The fraction of sp³-hybridized carbons (Fsp3) is 0.143. The summed E-state index contributed by atoms with van der Waals surface area (Å²) in [6.07, 6.45) is 0. The molecule has 0 aliphatic carbocycles. The molecule has 2 heterocycles. The number of halogens is 2. The molecule has 4 aromatic rings. The van der Waals surface area contributed by atoms with E-state index < -0.39 is 5.82 Å². The van der Waals surface area contributed by atoms with Crippen molar-refractivity contribution < 1.29 is 18.3 Å². The van der Waals surface area contributed by atoms with Crippen molar-refractivity contribution in [3.8, 4) is 11.4 Å². The molecule has 29 heavy (non-hydrogen) atoms. The summed E-state index contributed by atoms with van der Waals surface area (Å²) in [7, 11) is 0. The number of nitrogens with one attached hydrogen (secondary N) is 1. The number of hydrogen-bond donors (Lipinski definition) is 1. The SMILES string of the molecule is Cc1nn(-c2ccc(F)cc2)c2sc(C(=O)NCCOc3ccccc3F)cc12. The van der Waals surface area contributed by atoms with Gasteiger partial charge in [0.25, 0.3) is 5.91 Å². The lowest BCUT2D eigenvalue weighted by Crippen LogP contribution is -2.27. The summed E-state index contributed by atoms with van der Waals surface area (Å²) in [5.41, 5.74) is 1.50. The van der Waals surface area contributed by atoms with E-state index in [0.29, 0.717) is 4.88 Å². The second kappa shape index (κ2) is 8.00. The van der Waals surface area contributed by atoms with Crippen LogP contribution < -0.4 is 10.1 Å². The molecule has 0 aliphatic rings. The van der Waals surface area contributed by atoms with Gasteiger partial charge in [0.05, 0.1) is 22.8 Å². The number of carbonyl (C=O) groups is 1. The van der Waals surface area contributed by atoms with Gasteiger partial charge in [0.1, 0.15) is 17.3 Å². The highest BCUT2D eigenvalue weighted by Crippen LogP contribution is 2.30. The van der Waals surface area contributed by atoms with Crippen LogP contribution in [0.25, 0.3) is 15.9 Å². The average Bonchev–Trinajstić information content (AvgIpc) is 3.28. The van der Waals surface area contributed by atoms with Gasteiger partial charge in [0.15, 0.2) is 11.6 Å². The number of aryl methyl sites for hydroxylation is 1. The highest BCUT2D eigenvalue weighted by molar-refractivity contribution is 7.20. The first-order valence-electron chi connectivity index (χ1n) is 8.93. The first kappa shape index (κ1) is 19.1. The standard InChI is InChI=1S/C21H17F2N3O2S/c1-13-16-12-19(20(27)24-10-11-28-18-5-3-2-4-17(18)23)29-21(16)26(25-13)15-8-6-14(22)7-9-15/h2-9,12H,10-11H2,1H3,(H,24,27). The topological polar surface area (TPSA) is 56.2 Å². The molecule has 1 amide bonds. The van der Waals surface area contributed by atoms with Crippen molar-refractivity contribution in [2.24, 2.45) is 0 Å². The number of nitrogens with zero attached hydrogens (tertiary/aromatic N) is 2. The van der Waals surface area contributed by atoms with Gasteiger partial charge in [-0.3, -0.25) is 4.79 Å². The fourth-order valence-corrected chi connectivity index (χ4v) is 3.99. The molecular weight excluding hydrogens is 396 g/mol. The summed E-state index contributed by atoms with van der Waals surface area (Å²) in [5, 5.41) is 8.12. The molecule has 0 unspecified atom stereocenters. The van der Waals surface area contributed by atoms with Crippen LogP contribution in [0.5, 0.6) is 5.75 Å². The number of ether oxygens (including phenoxy) is 1. The van der Waals surface area contributed by atoms with Gasteiger partial charge < -0.3 is 10.1 Å². The minimum Gasteiger partial charge on any atom is -0.489 e. The summed E-state index contributed by atoms with van der Waals surface area (Å²) < 4.78 is 33.8. The Hall–Kier alpha value is -3.26. The van der Waals surface area contributed by atoms with Crippen LogP contribution in [0.15, 0.2) is 54.6 Å². The van der Waals surface area contributed by atoms with E-state index in [0.717, 1.165) is 21.6 Å². The lowest BCUT2D eigenvalue weighted by Gasteiger charge is -2.07. The molecule has 0 radical (unpaired) electrons. The van der Waals surface area contributed by atoms with Crippen LogP contribution in [0.2, 0.25) is 0 Å². The van der Waals surface area contributed by atoms with Crippen molar-refractivity contribution in [3.63, 3.8) is 0 Å². The number of fused-ring (bicyclic) bond motifs is 1. The number of hydrogen-bond acceptors (Lipinski definition) is 4. The fourth-order valence-electron chi connectivity index (χ4n) is 2.89. The molecule has 0 saturated heterocycles. The third-order valence-electron chi connectivity index (χ3n) is 4.32. The van der Waals surface area contributed by atoms with E-state index in [1.807, 2.05) is 6.92 Å². The summed E-state index contributed by atoms with van der Waals surface area (Å²) in [6, 6.07) is 13.9. The first-order chi connectivity index (χ1) is 14.0. The number of benzene rings is 2. The lowest BCUT2D eigenvalue weighted by atomic mass is 10.3. The minimum absolute atomic E-state index is 0.152. The van der Waals surface area contributed by atoms with Crippen LogP contribution >= 0.6 is 11.3 Å². The zero-order valence-electron chi connectivity index (χ0n) is 15.5. The van der Waals surface area contributed by atoms with Crippen molar-refractivity contribution in [2.75, 3.05) is 13.2 Å². The molecule has 2 aromatic carbocycles. The molecule has 1 N–H and O–H groups in total. The molecule has 4 rings (SSSR count). The van der Waals surface area contributed by atoms with Crippen molar-refractivity contribution in [1.29, 1.82) is 0 Å². The molecule has 0 atom stereocenters. The Morgan fingerprint density at radius 3 is 2.69 bits per heavy atom. The van der Waals surface area contributed by atoms with Crippen LogP contribution in [0.4, 0.5) is 8.78 Å². The maximum Gasteiger partial charge on any atom is 0.261 e. The predicted molar refractivity (Wildman–Crippen MR) is 108 cm³/mol. The Morgan fingerprint density at radius 1 is 1.17 bits per heavy atom. The molecular formula is C21H17F2N3O2S. The van der Waals surface area contributed by atoms with E-state index in [-0.39, 0.29) is 30.6 Å². The largest absolute Gasteiger partial charge is 0.489 e. The predicted octanol–water partition coefficient (Wildman–Crippen LogP) is 4.48. The summed E-state index contributed by atoms with van der Waals surface area (Å²) in [4.78, 5) is 13.8. The third-order valence-corrected chi connectivity index (χ3v) is 5.43. The summed E-state index contributed by atoms with van der Waals surface area (Å²) in [5.74, 6) is -0.853. The molecule has 148 valence electrons. The second-order valence-electron chi connectivity index (χ2n) is 6.34. The van der Waals surface area contributed by atoms with Crippen LogP contribution in [0, 0.1) is 18.6 Å². The highest BCUT2D eigenvalue weighted by Gasteiger charge is 2.17. The number of thiophene rings is 1. The number of amides is 1. The Labute approximate surface area is 169 Å². The van der Waals surface area contributed by atoms with Crippen molar-refractivity contribution >= 4 is 27.5 Å². The molecule has 2 aromatic heterocycles. The molecule has 5 nitrogen and oxygen atoms in total. The van der Waals surface area contributed by atoms with Gasteiger partial charge >= 0.3 is 0 Å². The van der Waals surface area contributed by atoms with Gasteiger partial charge in [-0.2, -0.15) is 5.10 Å². The molecule has 0 fully saturated rings. The van der Waals surface area contributed by atoms with Gasteiger partial charge in [0.2, 0.25) is 0 Å². The molecule has 0 bridgehead atoms. The second-order valence-corrected chi connectivity index (χ2v) is 7.37. The van der Waals surface area contributed by atoms with E-state index >= 15 is 0 Å². The number of para-hydroxylation sites is 1. The van der Waals surface area contributed by atoms with E-state index in [1.165, 1.54) is 35.6 Å². The van der Waals surface area contributed by atoms with Crippen LogP contribution in [0.1, 0.15) is 15.4 Å². The number of rotatable bonds is 6. The van der Waals surface area contributed by atoms with Crippen LogP contribution in [-0.4, -0.2) is 28.8 Å². The van der Waals surface area contributed by atoms with E-state index in [1.54, 1.807) is 35.0 Å². The average molecular weight is 413 g/mol. The smallest absolute Gasteiger partial charge is 0.261 e.